The number of rotatable bonds is 4. The zero-order chi connectivity index (χ0) is 21.4. The van der Waals surface area contributed by atoms with Gasteiger partial charge in [-0.3, -0.25) is 14.9 Å². The number of nitrogens with one attached hydrogen (secondary N) is 1. The Labute approximate surface area is 180 Å². The predicted molar refractivity (Wildman–Crippen MR) is 115 cm³/mol. The highest BCUT2D eigenvalue weighted by atomic mass is 35.5. The first kappa shape index (κ1) is 19.9. The van der Waals surface area contributed by atoms with Crippen molar-refractivity contribution in [3.8, 4) is 11.5 Å². The highest BCUT2D eigenvalue weighted by molar-refractivity contribution is 6.38. The average molecular weight is 442 g/mol. The molecule has 4 rings (SSSR count). The van der Waals surface area contributed by atoms with Crippen LogP contribution in [0.2, 0.25) is 10.0 Å². The Bertz CT molecular complexity index is 1320. The zero-order valence-corrected chi connectivity index (χ0v) is 17.0. The Morgan fingerprint density at radius 2 is 1.93 bits per heavy atom. The molecule has 0 saturated heterocycles. The summed E-state index contributed by atoms with van der Waals surface area (Å²) in [4.78, 5) is 27.4. The van der Waals surface area contributed by atoms with Crippen molar-refractivity contribution in [2.24, 2.45) is 0 Å². The number of fused-ring (bicyclic) bond motifs is 1. The van der Waals surface area contributed by atoms with E-state index in [2.05, 4.69) is 10.3 Å². The summed E-state index contributed by atoms with van der Waals surface area (Å²) in [5.74, 6) is -0.0611. The van der Waals surface area contributed by atoms with Gasteiger partial charge in [-0.15, -0.1) is 0 Å². The number of amides is 1. The number of aromatic nitrogens is 1. The summed E-state index contributed by atoms with van der Waals surface area (Å²) in [5.41, 5.74) is 2.78. The fraction of sp³-hybridized carbons (Fsp3) is 0.0476. The van der Waals surface area contributed by atoms with E-state index in [0.717, 1.165) is 0 Å². The van der Waals surface area contributed by atoms with Gasteiger partial charge in [-0.05, 0) is 49.4 Å². The fourth-order valence-corrected chi connectivity index (χ4v) is 3.54. The van der Waals surface area contributed by atoms with Gasteiger partial charge in [0.25, 0.3) is 11.6 Å². The van der Waals surface area contributed by atoms with E-state index in [0.29, 0.717) is 49.4 Å². The third kappa shape index (κ3) is 3.85. The van der Waals surface area contributed by atoms with Crippen LogP contribution in [0.5, 0.6) is 0 Å². The van der Waals surface area contributed by atoms with E-state index in [1.807, 2.05) is 0 Å². The smallest absolute Gasteiger partial charge is 0.272 e. The van der Waals surface area contributed by atoms with Gasteiger partial charge in [-0.2, -0.15) is 0 Å². The molecule has 9 heteroatoms. The van der Waals surface area contributed by atoms with Crippen molar-refractivity contribution in [2.75, 3.05) is 5.32 Å². The number of carbonyl (C=O) groups excluding carboxylic acids is 1. The molecule has 0 aliphatic rings. The SMILES string of the molecule is Cc1cc(C(=O)Nc2cccc(-c3nc4cc(Cl)cc(Cl)c4o3)c2)ccc1[N+](=O)[O-]. The molecule has 7 nitrogen and oxygen atoms in total. The highest BCUT2D eigenvalue weighted by Gasteiger charge is 2.15. The number of anilines is 1. The number of carbonyl (C=O) groups is 1. The molecular formula is C21H13Cl2N3O4. The van der Waals surface area contributed by atoms with Crippen LogP contribution in [-0.4, -0.2) is 15.8 Å². The van der Waals surface area contributed by atoms with E-state index in [1.165, 1.54) is 18.2 Å². The monoisotopic (exact) mass is 441 g/mol. The maximum atomic E-state index is 12.6. The van der Waals surface area contributed by atoms with Gasteiger partial charge in [0.2, 0.25) is 5.89 Å². The molecular weight excluding hydrogens is 429 g/mol. The number of hydrogen-bond donors (Lipinski definition) is 1. The van der Waals surface area contributed by atoms with Crippen LogP contribution < -0.4 is 5.32 Å². The molecule has 30 heavy (non-hydrogen) atoms. The van der Waals surface area contributed by atoms with Crippen LogP contribution in [0.1, 0.15) is 15.9 Å². The number of nitro groups is 1. The third-order valence-electron chi connectivity index (χ3n) is 4.43. The lowest BCUT2D eigenvalue weighted by atomic mass is 10.1. The molecule has 0 aliphatic heterocycles. The van der Waals surface area contributed by atoms with Gasteiger partial charge in [-0.25, -0.2) is 4.98 Å². The van der Waals surface area contributed by atoms with Crippen molar-refractivity contribution in [3.63, 3.8) is 0 Å². The summed E-state index contributed by atoms with van der Waals surface area (Å²) in [6, 6.07) is 14.4. The maximum Gasteiger partial charge on any atom is 0.272 e. The molecule has 1 N–H and O–H groups in total. The minimum Gasteiger partial charge on any atom is -0.435 e. The van der Waals surface area contributed by atoms with Gasteiger partial charge in [0.05, 0.1) is 9.95 Å². The number of hydrogen-bond acceptors (Lipinski definition) is 5. The zero-order valence-electron chi connectivity index (χ0n) is 15.5. The van der Waals surface area contributed by atoms with Crippen LogP contribution in [0.3, 0.4) is 0 Å². The quantitative estimate of drug-likeness (QED) is 0.297. The Morgan fingerprint density at radius 1 is 1.13 bits per heavy atom. The van der Waals surface area contributed by atoms with Crippen LogP contribution >= 0.6 is 23.2 Å². The minimum absolute atomic E-state index is 0.0386. The van der Waals surface area contributed by atoms with Crippen molar-refractivity contribution < 1.29 is 14.1 Å². The number of aryl methyl sites for hydroxylation is 1. The Hall–Kier alpha value is -3.42. The second kappa shape index (κ2) is 7.78. The van der Waals surface area contributed by atoms with Crippen molar-refractivity contribution in [3.05, 3.63) is 85.9 Å². The summed E-state index contributed by atoms with van der Waals surface area (Å²) in [5, 5.41) is 14.5. The number of nitro benzene ring substituents is 1. The molecule has 0 atom stereocenters. The van der Waals surface area contributed by atoms with Gasteiger partial charge < -0.3 is 9.73 Å². The summed E-state index contributed by atoms with van der Waals surface area (Å²) in [6.07, 6.45) is 0. The summed E-state index contributed by atoms with van der Waals surface area (Å²) in [6.45, 7) is 1.58. The average Bonchev–Trinajstić information content (AvgIpc) is 3.12. The number of halogens is 2. The van der Waals surface area contributed by atoms with Gasteiger partial charge in [0.15, 0.2) is 5.58 Å². The van der Waals surface area contributed by atoms with E-state index >= 15 is 0 Å². The molecule has 0 spiro atoms. The van der Waals surface area contributed by atoms with Crippen molar-refractivity contribution in [1.82, 2.24) is 4.98 Å². The first-order chi connectivity index (χ1) is 14.3. The van der Waals surface area contributed by atoms with Crippen molar-refractivity contribution in [2.45, 2.75) is 6.92 Å². The van der Waals surface area contributed by atoms with Crippen molar-refractivity contribution in [1.29, 1.82) is 0 Å². The first-order valence-electron chi connectivity index (χ1n) is 8.74. The van der Waals surface area contributed by atoms with Crippen LogP contribution in [0.4, 0.5) is 11.4 Å². The summed E-state index contributed by atoms with van der Waals surface area (Å²) < 4.78 is 5.76. The number of oxazole rings is 1. The largest absolute Gasteiger partial charge is 0.435 e. The van der Waals surface area contributed by atoms with Crippen LogP contribution in [-0.2, 0) is 0 Å². The molecule has 0 unspecified atom stereocenters. The molecule has 0 radical (unpaired) electrons. The summed E-state index contributed by atoms with van der Waals surface area (Å²) >= 11 is 12.2. The Balaban J connectivity index is 1.61. The van der Waals surface area contributed by atoms with Gasteiger partial charge >= 0.3 is 0 Å². The molecule has 1 amide bonds. The molecule has 150 valence electrons. The second-order valence-electron chi connectivity index (χ2n) is 6.55. The normalized spacial score (nSPS) is 10.9. The number of nitrogens with zero attached hydrogens (tertiary/aromatic N) is 2. The molecule has 0 bridgehead atoms. The number of benzene rings is 3. The molecule has 1 aromatic heterocycles. The molecule has 0 saturated carbocycles. The Kier molecular flexibility index (Phi) is 5.15. The van der Waals surface area contributed by atoms with E-state index in [4.69, 9.17) is 27.6 Å². The molecule has 4 aromatic rings. The van der Waals surface area contributed by atoms with Crippen LogP contribution in [0, 0.1) is 17.0 Å². The maximum absolute atomic E-state index is 12.6. The lowest BCUT2D eigenvalue weighted by Crippen LogP contribution is -2.12. The van der Waals surface area contributed by atoms with Gasteiger partial charge in [0, 0.05) is 33.5 Å². The van der Waals surface area contributed by atoms with E-state index in [1.54, 1.807) is 43.3 Å². The first-order valence-corrected chi connectivity index (χ1v) is 9.50. The lowest BCUT2D eigenvalue weighted by Gasteiger charge is -2.07. The van der Waals surface area contributed by atoms with Crippen LogP contribution in [0.15, 0.2) is 59.0 Å². The molecule has 3 aromatic carbocycles. The van der Waals surface area contributed by atoms with E-state index in [9.17, 15) is 14.9 Å². The van der Waals surface area contributed by atoms with Crippen LogP contribution in [0.25, 0.3) is 22.6 Å². The van der Waals surface area contributed by atoms with Gasteiger partial charge in [0.1, 0.15) is 5.52 Å². The second-order valence-corrected chi connectivity index (χ2v) is 7.39. The summed E-state index contributed by atoms with van der Waals surface area (Å²) in [7, 11) is 0. The molecule has 0 fully saturated rings. The molecule has 1 heterocycles. The van der Waals surface area contributed by atoms with Crippen molar-refractivity contribution >= 4 is 51.6 Å². The Morgan fingerprint density at radius 3 is 2.67 bits per heavy atom. The standard InChI is InChI=1S/C21H13Cl2N3O4/c1-11-7-12(5-6-18(11)26(28)29)20(27)24-15-4-2-3-13(8-15)21-25-17-10-14(22)9-16(23)19(17)30-21/h2-10H,1H3,(H,24,27). The van der Waals surface area contributed by atoms with Gasteiger partial charge in [-0.1, -0.05) is 29.3 Å². The van der Waals surface area contributed by atoms with E-state index in [-0.39, 0.29) is 5.69 Å². The van der Waals surface area contributed by atoms with E-state index < -0.39 is 10.8 Å². The minimum atomic E-state index is -0.486. The predicted octanol–water partition coefficient (Wildman–Crippen LogP) is 6.27. The fourth-order valence-electron chi connectivity index (χ4n) is 3.02. The highest BCUT2D eigenvalue weighted by Crippen LogP contribution is 2.32. The topological polar surface area (TPSA) is 98.3 Å². The third-order valence-corrected chi connectivity index (χ3v) is 4.93. The lowest BCUT2D eigenvalue weighted by molar-refractivity contribution is -0.385. The molecule has 0 aliphatic carbocycles.